The van der Waals surface area contributed by atoms with Crippen molar-refractivity contribution in [2.75, 3.05) is 45.4 Å². The molecule has 190 valence electrons. The highest BCUT2D eigenvalue weighted by Crippen LogP contribution is 2.49. The molecule has 0 saturated heterocycles. The van der Waals surface area contributed by atoms with Crippen molar-refractivity contribution in [3.05, 3.63) is 0 Å². The van der Waals surface area contributed by atoms with Crippen LogP contribution in [0.4, 0.5) is 0 Å². The van der Waals surface area contributed by atoms with E-state index in [-0.39, 0.29) is 5.92 Å². The van der Waals surface area contributed by atoms with E-state index in [0.717, 1.165) is 0 Å². The molecule has 0 aromatic heterocycles. The topological polar surface area (TPSA) is 188 Å². The fourth-order valence-electron chi connectivity index (χ4n) is 2.21. The van der Waals surface area contributed by atoms with Gasteiger partial charge in [0.1, 0.15) is 0 Å². The van der Waals surface area contributed by atoms with Gasteiger partial charge in [0, 0.05) is 6.61 Å². The van der Waals surface area contributed by atoms with Gasteiger partial charge in [0.2, 0.25) is 0 Å². The SMILES string of the molecule is [B]C(CO)COP(=O)(O)OCCOP(=O)(O)OCCOP(=O)(O)OC(C)(C)CC(C)CS. The fourth-order valence-corrected chi connectivity index (χ4v) is 4.84. The summed E-state index contributed by atoms with van der Waals surface area (Å²) in [5.41, 5.74) is -0.971. The predicted molar refractivity (Wildman–Crippen MR) is 119 cm³/mol. The third-order valence-electron chi connectivity index (χ3n) is 3.38. The van der Waals surface area contributed by atoms with Crippen molar-refractivity contribution in [1.29, 1.82) is 0 Å². The smallest absolute Gasteiger partial charge is 0.397 e. The molecule has 0 rings (SSSR count). The molecule has 0 aliphatic rings. The highest BCUT2D eigenvalue weighted by Gasteiger charge is 2.33. The van der Waals surface area contributed by atoms with Gasteiger partial charge in [-0.25, -0.2) is 13.7 Å². The van der Waals surface area contributed by atoms with Crippen LogP contribution in [0, 0.1) is 5.92 Å². The molecule has 0 spiro atoms. The molecule has 5 atom stereocenters. The zero-order valence-electron chi connectivity index (χ0n) is 18.1. The van der Waals surface area contributed by atoms with E-state index in [4.69, 9.17) is 22.0 Å². The van der Waals surface area contributed by atoms with E-state index < -0.39 is 74.5 Å². The Labute approximate surface area is 194 Å². The summed E-state index contributed by atoms with van der Waals surface area (Å²) in [5.74, 6) is -0.192. The zero-order chi connectivity index (χ0) is 25.1. The summed E-state index contributed by atoms with van der Waals surface area (Å²) < 4.78 is 63.2. The van der Waals surface area contributed by atoms with Gasteiger partial charge in [0.05, 0.1) is 46.5 Å². The van der Waals surface area contributed by atoms with E-state index in [9.17, 15) is 28.4 Å². The number of thiol groups is 1. The van der Waals surface area contributed by atoms with Crippen LogP contribution in [0.1, 0.15) is 27.2 Å². The minimum atomic E-state index is -4.60. The summed E-state index contributed by atoms with van der Waals surface area (Å²) in [6, 6.07) is 0. The van der Waals surface area contributed by atoms with Crippen LogP contribution in [-0.4, -0.2) is 78.6 Å². The molecule has 0 fully saturated rings. The maximum Gasteiger partial charge on any atom is 0.472 e. The van der Waals surface area contributed by atoms with Crippen LogP contribution in [0.2, 0.25) is 5.82 Å². The highest BCUT2D eigenvalue weighted by atomic mass is 32.1. The molecular formula is C14H32BO13P3S. The van der Waals surface area contributed by atoms with Crippen LogP contribution in [0.15, 0.2) is 0 Å². The number of phosphoric ester groups is 3. The summed E-state index contributed by atoms with van der Waals surface area (Å²) in [6.07, 6.45) is 0.447. The predicted octanol–water partition coefficient (Wildman–Crippen LogP) is 2.07. The Morgan fingerprint density at radius 3 is 1.69 bits per heavy atom. The Morgan fingerprint density at radius 2 is 1.28 bits per heavy atom. The van der Waals surface area contributed by atoms with Gasteiger partial charge in [0.15, 0.2) is 0 Å². The maximum absolute atomic E-state index is 12.0. The summed E-state index contributed by atoms with van der Waals surface area (Å²) in [4.78, 5) is 28.7. The largest absolute Gasteiger partial charge is 0.472 e. The van der Waals surface area contributed by atoms with Gasteiger partial charge in [-0.2, -0.15) is 12.6 Å². The van der Waals surface area contributed by atoms with E-state index in [0.29, 0.717) is 12.2 Å². The maximum atomic E-state index is 12.0. The number of hydrogen-bond donors (Lipinski definition) is 5. The minimum Gasteiger partial charge on any atom is -0.397 e. The lowest BCUT2D eigenvalue weighted by Crippen LogP contribution is -2.27. The summed E-state index contributed by atoms with van der Waals surface area (Å²) >= 11 is 4.15. The lowest BCUT2D eigenvalue weighted by Gasteiger charge is -2.29. The number of rotatable bonds is 19. The lowest BCUT2D eigenvalue weighted by molar-refractivity contribution is 0.0278. The molecule has 2 radical (unpaired) electrons. The zero-order valence-corrected chi connectivity index (χ0v) is 21.7. The molecule has 18 heteroatoms. The Bertz CT molecular complexity index is 682. The number of aliphatic hydroxyl groups is 1. The van der Waals surface area contributed by atoms with Crippen molar-refractivity contribution in [1.82, 2.24) is 0 Å². The van der Waals surface area contributed by atoms with Gasteiger partial charge >= 0.3 is 23.5 Å². The number of phosphoric acid groups is 3. The first-order chi connectivity index (χ1) is 14.5. The number of hydrogen-bond acceptors (Lipinski definition) is 11. The second kappa shape index (κ2) is 15.0. The third-order valence-corrected chi connectivity index (χ3v) is 7.24. The van der Waals surface area contributed by atoms with Gasteiger partial charge in [-0.3, -0.25) is 27.1 Å². The lowest BCUT2D eigenvalue weighted by atomic mass is 9.90. The van der Waals surface area contributed by atoms with Crippen molar-refractivity contribution in [3.8, 4) is 0 Å². The van der Waals surface area contributed by atoms with Crippen molar-refractivity contribution < 1.29 is 60.6 Å². The number of aliphatic hydroxyl groups excluding tert-OH is 1. The third kappa shape index (κ3) is 17.2. The summed E-state index contributed by atoms with van der Waals surface area (Å²) in [6.45, 7) is 1.85. The molecule has 0 aromatic rings. The van der Waals surface area contributed by atoms with Gasteiger partial charge < -0.3 is 19.8 Å². The molecule has 0 aliphatic heterocycles. The minimum absolute atomic E-state index is 0.127. The van der Waals surface area contributed by atoms with Gasteiger partial charge in [0.25, 0.3) is 0 Å². The van der Waals surface area contributed by atoms with Gasteiger partial charge in [-0.05, 0) is 37.8 Å². The second-order valence-electron chi connectivity index (χ2n) is 7.32. The molecule has 0 saturated carbocycles. The van der Waals surface area contributed by atoms with Crippen molar-refractivity contribution in [2.24, 2.45) is 5.92 Å². The van der Waals surface area contributed by atoms with E-state index in [2.05, 4.69) is 30.7 Å². The van der Waals surface area contributed by atoms with E-state index in [1.54, 1.807) is 13.8 Å². The van der Waals surface area contributed by atoms with E-state index in [1.165, 1.54) is 0 Å². The average molecular weight is 544 g/mol. The van der Waals surface area contributed by atoms with Crippen LogP contribution >= 0.6 is 36.1 Å². The van der Waals surface area contributed by atoms with Crippen molar-refractivity contribution >= 4 is 43.9 Å². The normalized spacial score (nSPS) is 20.1. The molecule has 32 heavy (non-hydrogen) atoms. The molecule has 0 aromatic carbocycles. The van der Waals surface area contributed by atoms with Crippen LogP contribution < -0.4 is 0 Å². The first-order valence-electron chi connectivity index (χ1n) is 9.42. The Kier molecular flexibility index (Phi) is 15.3. The molecule has 4 N–H and O–H groups in total. The van der Waals surface area contributed by atoms with Gasteiger partial charge in [-0.1, -0.05) is 6.92 Å². The molecule has 0 heterocycles. The summed E-state index contributed by atoms with van der Waals surface area (Å²) in [7, 11) is -8.25. The Balaban J connectivity index is 4.23. The summed E-state index contributed by atoms with van der Waals surface area (Å²) in [5, 5.41) is 8.70. The van der Waals surface area contributed by atoms with Gasteiger partial charge in [-0.15, -0.1) is 0 Å². The first-order valence-corrected chi connectivity index (χ1v) is 14.5. The highest BCUT2D eigenvalue weighted by molar-refractivity contribution is 7.80. The average Bonchev–Trinajstić information content (AvgIpc) is 2.65. The van der Waals surface area contributed by atoms with E-state index >= 15 is 0 Å². The molecular weight excluding hydrogens is 512 g/mol. The molecule has 5 unspecified atom stereocenters. The van der Waals surface area contributed by atoms with Crippen LogP contribution in [0.5, 0.6) is 0 Å². The standard InChI is InChI=1S/C14H32BO13P3S/c1-12(11-32)8-14(2,3)28-31(21,22)26-7-6-24-29(17,18)23-4-5-25-30(19,20)27-10-13(15)9-16/h12-13,16,32H,4-11H2,1-3H3,(H,17,18)(H,19,20)(H,21,22). The van der Waals surface area contributed by atoms with Crippen LogP contribution in [-0.2, 0) is 40.8 Å². The fraction of sp³-hybridized carbons (Fsp3) is 1.00. The molecule has 0 amide bonds. The molecule has 13 nitrogen and oxygen atoms in total. The quantitative estimate of drug-likeness (QED) is 0.0689. The Morgan fingerprint density at radius 1 is 0.875 bits per heavy atom. The molecule has 0 bridgehead atoms. The first kappa shape index (κ1) is 32.7. The Hall–Kier alpha value is 0.705. The van der Waals surface area contributed by atoms with Crippen molar-refractivity contribution in [2.45, 2.75) is 38.6 Å². The van der Waals surface area contributed by atoms with Crippen LogP contribution in [0.25, 0.3) is 0 Å². The second-order valence-corrected chi connectivity index (χ2v) is 12.0. The monoisotopic (exact) mass is 544 g/mol. The van der Waals surface area contributed by atoms with Crippen LogP contribution in [0.3, 0.4) is 0 Å². The van der Waals surface area contributed by atoms with Crippen molar-refractivity contribution in [3.63, 3.8) is 0 Å². The molecule has 0 aliphatic carbocycles. The van der Waals surface area contributed by atoms with E-state index in [1.807, 2.05) is 6.92 Å².